The first-order valence-corrected chi connectivity index (χ1v) is 10.1. The maximum Gasteiger partial charge on any atom is 0.339 e. The lowest BCUT2D eigenvalue weighted by atomic mass is 10.1. The zero-order valence-electron chi connectivity index (χ0n) is 15.3. The van der Waals surface area contributed by atoms with Crippen LogP contribution >= 0.6 is 15.9 Å². The van der Waals surface area contributed by atoms with Crippen LogP contribution in [0.15, 0.2) is 45.3 Å². The molecule has 4 aliphatic rings. The van der Waals surface area contributed by atoms with Gasteiger partial charge in [0.2, 0.25) is 5.89 Å². The van der Waals surface area contributed by atoms with E-state index in [1.54, 1.807) is 0 Å². The highest BCUT2D eigenvalue weighted by atomic mass is 79.9. The van der Waals surface area contributed by atoms with E-state index in [1.807, 2.05) is 34.1 Å². The third-order valence-corrected chi connectivity index (χ3v) is 5.86. The number of hydrogen-bond donors (Lipinski definition) is 0. The van der Waals surface area contributed by atoms with Crippen LogP contribution in [0.4, 0.5) is 6.01 Å². The first-order valence-electron chi connectivity index (χ1n) is 9.28. The average Bonchev–Trinajstić information content (AvgIpc) is 3.03. The van der Waals surface area contributed by atoms with Crippen LogP contribution in [-0.4, -0.2) is 58.6 Å². The van der Waals surface area contributed by atoms with E-state index in [0.717, 1.165) is 35.0 Å². The molecule has 1 aromatic heterocycles. The van der Waals surface area contributed by atoms with Gasteiger partial charge in [-0.2, -0.15) is 0 Å². The summed E-state index contributed by atoms with van der Waals surface area (Å²) in [6.07, 6.45) is 3.74. The quantitative estimate of drug-likeness (QED) is 0.623. The highest BCUT2D eigenvalue weighted by Gasteiger charge is 2.53. The molecule has 0 N–H and O–H groups in total. The third kappa shape index (κ3) is 3.32. The number of anilines is 1. The Morgan fingerprint density at radius 3 is 2.48 bits per heavy atom. The molecule has 1 spiro atoms. The van der Waals surface area contributed by atoms with Crippen LogP contribution in [0, 0.1) is 0 Å². The van der Waals surface area contributed by atoms with Crippen LogP contribution in [0.2, 0.25) is 0 Å². The minimum Gasteiger partial charge on any atom is -0.403 e. The normalized spacial score (nSPS) is 25.5. The lowest BCUT2D eigenvalue weighted by Crippen LogP contribution is -2.58. The first-order chi connectivity index (χ1) is 14.0. The van der Waals surface area contributed by atoms with Crippen molar-refractivity contribution < 1.29 is 23.5 Å². The van der Waals surface area contributed by atoms with Crippen molar-refractivity contribution in [1.82, 2.24) is 15.1 Å². The van der Waals surface area contributed by atoms with Gasteiger partial charge in [-0.25, -0.2) is 14.5 Å². The molecule has 0 aliphatic carbocycles. The van der Waals surface area contributed by atoms with Crippen molar-refractivity contribution in [3.05, 3.63) is 40.9 Å². The van der Waals surface area contributed by atoms with Gasteiger partial charge in [0.25, 0.3) is 0 Å². The van der Waals surface area contributed by atoms with Gasteiger partial charge >= 0.3 is 23.9 Å². The summed E-state index contributed by atoms with van der Waals surface area (Å²) < 4.78 is 18.1. The van der Waals surface area contributed by atoms with Gasteiger partial charge in [0, 0.05) is 41.3 Å². The van der Waals surface area contributed by atoms with E-state index in [2.05, 4.69) is 26.1 Å². The summed E-state index contributed by atoms with van der Waals surface area (Å²) >= 11 is 3.44. The summed E-state index contributed by atoms with van der Waals surface area (Å²) in [5.41, 5.74) is 0.784. The fourth-order valence-electron chi connectivity index (χ4n) is 3.99. The molecule has 6 rings (SSSR count). The minimum absolute atomic E-state index is 0.0942. The molecule has 0 unspecified atom stereocenters. The molecule has 3 saturated heterocycles. The molecule has 9 nitrogen and oxygen atoms in total. The molecule has 150 valence electrons. The molecule has 0 atom stereocenters. The summed E-state index contributed by atoms with van der Waals surface area (Å²) in [5, 5.41) is 8.40. The number of halogens is 1. The smallest absolute Gasteiger partial charge is 0.339 e. The van der Waals surface area contributed by atoms with Crippen molar-refractivity contribution in [2.45, 2.75) is 24.8 Å². The van der Waals surface area contributed by atoms with Crippen molar-refractivity contribution in [1.29, 1.82) is 0 Å². The SMILES string of the molecule is O=C1C=CC(=O)OC2(CN(c3nnc(-c4cccc(Br)c4)o3)C3CCN2CC3)O1. The van der Waals surface area contributed by atoms with Crippen LogP contribution in [-0.2, 0) is 19.1 Å². The summed E-state index contributed by atoms with van der Waals surface area (Å²) in [5.74, 6) is -2.39. The van der Waals surface area contributed by atoms with E-state index in [1.165, 1.54) is 0 Å². The Kier molecular flexibility index (Phi) is 4.39. The third-order valence-electron chi connectivity index (χ3n) is 5.36. The second kappa shape index (κ2) is 6.96. The fraction of sp³-hybridized carbons (Fsp3) is 0.368. The Morgan fingerprint density at radius 2 is 1.79 bits per heavy atom. The number of benzene rings is 1. The molecule has 29 heavy (non-hydrogen) atoms. The predicted octanol–water partition coefficient (Wildman–Crippen LogP) is 2.09. The maximum atomic E-state index is 12.1. The van der Waals surface area contributed by atoms with Gasteiger partial charge in [-0.15, -0.1) is 5.10 Å². The topological polar surface area (TPSA) is 98.0 Å². The molecule has 0 amide bonds. The molecule has 2 aromatic rings. The van der Waals surface area contributed by atoms with Crippen molar-refractivity contribution >= 4 is 33.9 Å². The number of hydrogen-bond acceptors (Lipinski definition) is 9. The van der Waals surface area contributed by atoms with E-state index in [0.29, 0.717) is 25.0 Å². The van der Waals surface area contributed by atoms with E-state index in [-0.39, 0.29) is 12.6 Å². The second-order valence-corrected chi connectivity index (χ2v) is 8.05. The van der Waals surface area contributed by atoms with Crippen molar-refractivity contribution in [3.8, 4) is 11.5 Å². The zero-order chi connectivity index (χ0) is 20.0. The van der Waals surface area contributed by atoms with Crippen molar-refractivity contribution in [2.24, 2.45) is 0 Å². The van der Waals surface area contributed by atoms with E-state index >= 15 is 0 Å². The standard InChI is InChI=1S/C19H17BrN4O5/c20-13-3-1-2-12(10-13)17-21-22-18(27-17)24-11-19(23-8-6-14(24)7-9-23)28-15(25)4-5-16(26)29-19/h1-5,10,14H,6-9,11H2. The number of aromatic nitrogens is 2. The molecule has 0 saturated carbocycles. The number of piperidine rings is 1. The number of esters is 2. The summed E-state index contributed by atoms with van der Waals surface area (Å²) in [7, 11) is 0. The molecule has 3 fully saturated rings. The lowest BCUT2D eigenvalue weighted by Gasteiger charge is -2.39. The number of carbonyl (C=O) groups excluding carboxylic acids is 2. The van der Waals surface area contributed by atoms with Gasteiger partial charge in [0.1, 0.15) is 6.54 Å². The zero-order valence-corrected chi connectivity index (χ0v) is 16.9. The van der Waals surface area contributed by atoms with Gasteiger partial charge in [0.05, 0.1) is 0 Å². The average molecular weight is 461 g/mol. The molecule has 4 aliphatic heterocycles. The number of rotatable bonds is 2. The van der Waals surface area contributed by atoms with Crippen molar-refractivity contribution in [2.75, 3.05) is 24.5 Å². The van der Waals surface area contributed by atoms with Crippen LogP contribution in [0.25, 0.3) is 11.5 Å². The Hall–Kier alpha value is -2.72. The number of carbonyl (C=O) groups is 2. The van der Waals surface area contributed by atoms with Gasteiger partial charge in [-0.05, 0) is 31.0 Å². The summed E-state index contributed by atoms with van der Waals surface area (Å²) in [4.78, 5) is 28.0. The monoisotopic (exact) mass is 460 g/mol. The molecule has 0 radical (unpaired) electrons. The van der Waals surface area contributed by atoms with Gasteiger partial charge < -0.3 is 18.8 Å². The molecule has 2 bridgehead atoms. The largest absolute Gasteiger partial charge is 0.403 e. The Morgan fingerprint density at radius 1 is 1.07 bits per heavy atom. The molecule has 5 heterocycles. The highest BCUT2D eigenvalue weighted by molar-refractivity contribution is 9.10. The van der Waals surface area contributed by atoms with Gasteiger partial charge in [-0.1, -0.05) is 27.1 Å². The maximum absolute atomic E-state index is 12.1. The summed E-state index contributed by atoms with van der Waals surface area (Å²) in [6.45, 7) is 1.33. The van der Waals surface area contributed by atoms with Crippen LogP contribution < -0.4 is 4.90 Å². The highest BCUT2D eigenvalue weighted by Crippen LogP contribution is 2.37. The lowest BCUT2D eigenvalue weighted by molar-refractivity contribution is -0.274. The molecular weight excluding hydrogens is 444 g/mol. The Labute approximate surface area is 174 Å². The summed E-state index contributed by atoms with van der Waals surface area (Å²) in [6, 6.07) is 7.97. The van der Waals surface area contributed by atoms with Gasteiger partial charge in [0.15, 0.2) is 0 Å². The van der Waals surface area contributed by atoms with Crippen LogP contribution in [0.3, 0.4) is 0 Å². The van der Waals surface area contributed by atoms with E-state index < -0.39 is 17.8 Å². The Bertz CT molecular complexity index is 978. The van der Waals surface area contributed by atoms with Crippen LogP contribution in [0.5, 0.6) is 0 Å². The van der Waals surface area contributed by atoms with Gasteiger partial charge in [-0.3, -0.25) is 0 Å². The number of ether oxygens (including phenoxy) is 2. The van der Waals surface area contributed by atoms with Crippen LogP contribution in [0.1, 0.15) is 12.8 Å². The minimum atomic E-state index is -1.52. The van der Waals surface area contributed by atoms with Crippen molar-refractivity contribution in [3.63, 3.8) is 0 Å². The molecule has 10 heteroatoms. The fourth-order valence-corrected chi connectivity index (χ4v) is 4.39. The number of nitrogens with zero attached hydrogens (tertiary/aromatic N) is 4. The molecule has 1 aromatic carbocycles. The first kappa shape index (κ1) is 18.3. The predicted molar refractivity (Wildman–Crippen MR) is 103 cm³/mol. The Balaban J connectivity index is 1.50. The second-order valence-electron chi connectivity index (χ2n) is 7.13. The number of fused-ring (bicyclic) bond motifs is 3. The van der Waals surface area contributed by atoms with E-state index in [9.17, 15) is 9.59 Å². The molecular formula is C19H17BrN4O5. The van der Waals surface area contributed by atoms with E-state index in [4.69, 9.17) is 13.9 Å².